The fraction of sp³-hybridized carbons (Fsp3) is 0.471. The van der Waals surface area contributed by atoms with Gasteiger partial charge in [0.15, 0.2) is 0 Å². The summed E-state index contributed by atoms with van der Waals surface area (Å²) in [6, 6.07) is 6.53. The molecule has 1 heterocycles. The molecule has 1 aromatic carbocycles. The van der Waals surface area contributed by atoms with Gasteiger partial charge in [-0.15, -0.1) is 5.06 Å². The predicted molar refractivity (Wildman–Crippen MR) is 84.2 cm³/mol. The second-order valence-corrected chi connectivity index (χ2v) is 6.23. The van der Waals surface area contributed by atoms with Crippen molar-refractivity contribution >= 4 is 17.8 Å². The minimum Gasteiger partial charge on any atom is -0.460 e. The lowest BCUT2D eigenvalue weighted by atomic mass is 10.1. The Morgan fingerprint density at radius 3 is 2.12 bits per heavy atom. The molecule has 0 aromatic heterocycles. The standard InChI is InChI=1S/C17H21NO6/c1-17(2,3)24-14(19)8-9-22-10-11-23-18-15(20)12-6-4-5-7-13(12)16(18)21/h4-7H,8-11H2,1-3H3. The molecule has 0 aliphatic carbocycles. The lowest BCUT2D eigenvalue weighted by molar-refractivity contribution is -0.156. The molecule has 0 saturated carbocycles. The molecule has 24 heavy (non-hydrogen) atoms. The van der Waals surface area contributed by atoms with Crippen LogP contribution in [0.4, 0.5) is 0 Å². The van der Waals surface area contributed by atoms with Gasteiger partial charge < -0.3 is 9.47 Å². The van der Waals surface area contributed by atoms with Gasteiger partial charge in [0.2, 0.25) is 0 Å². The first kappa shape index (κ1) is 18.1. The van der Waals surface area contributed by atoms with Gasteiger partial charge in [-0.3, -0.25) is 19.2 Å². The zero-order valence-electron chi connectivity index (χ0n) is 14.0. The zero-order chi connectivity index (χ0) is 17.7. The van der Waals surface area contributed by atoms with Crippen LogP contribution in [0.15, 0.2) is 24.3 Å². The van der Waals surface area contributed by atoms with Crippen LogP contribution in [0.1, 0.15) is 47.9 Å². The molecular weight excluding hydrogens is 314 g/mol. The molecule has 0 fully saturated rings. The van der Waals surface area contributed by atoms with E-state index in [9.17, 15) is 14.4 Å². The van der Waals surface area contributed by atoms with Crippen LogP contribution < -0.4 is 0 Å². The highest BCUT2D eigenvalue weighted by Crippen LogP contribution is 2.22. The summed E-state index contributed by atoms with van der Waals surface area (Å²) in [5.74, 6) is -1.31. The number of imide groups is 1. The first-order chi connectivity index (χ1) is 11.3. The lowest BCUT2D eigenvalue weighted by Gasteiger charge is -2.19. The van der Waals surface area contributed by atoms with Crippen molar-refractivity contribution in [2.45, 2.75) is 32.8 Å². The number of carbonyl (C=O) groups is 3. The molecule has 1 aromatic rings. The zero-order valence-corrected chi connectivity index (χ0v) is 14.0. The van der Waals surface area contributed by atoms with Gasteiger partial charge in [0.25, 0.3) is 11.8 Å². The van der Waals surface area contributed by atoms with Crippen molar-refractivity contribution in [3.63, 3.8) is 0 Å². The summed E-state index contributed by atoms with van der Waals surface area (Å²) in [6.07, 6.45) is 0.129. The molecule has 0 radical (unpaired) electrons. The van der Waals surface area contributed by atoms with Crippen LogP contribution in [0.2, 0.25) is 0 Å². The quantitative estimate of drug-likeness (QED) is 0.430. The minimum atomic E-state index is -0.522. The van der Waals surface area contributed by atoms with E-state index in [2.05, 4.69) is 0 Å². The predicted octanol–water partition coefficient (Wildman–Crippen LogP) is 1.96. The number of rotatable bonds is 7. The van der Waals surface area contributed by atoms with Crippen molar-refractivity contribution in [2.24, 2.45) is 0 Å². The van der Waals surface area contributed by atoms with Gasteiger partial charge in [-0.05, 0) is 32.9 Å². The SMILES string of the molecule is CC(C)(C)OC(=O)CCOCCON1C(=O)c2ccccc2C1=O. The van der Waals surface area contributed by atoms with Crippen molar-refractivity contribution in [1.29, 1.82) is 0 Å². The molecule has 0 N–H and O–H groups in total. The molecule has 130 valence electrons. The average molecular weight is 335 g/mol. The Labute approximate surface area is 140 Å². The lowest BCUT2D eigenvalue weighted by Crippen LogP contribution is -2.31. The third-order valence-electron chi connectivity index (χ3n) is 3.08. The Morgan fingerprint density at radius 2 is 1.58 bits per heavy atom. The maximum absolute atomic E-state index is 12.0. The van der Waals surface area contributed by atoms with E-state index >= 15 is 0 Å². The topological polar surface area (TPSA) is 82.1 Å². The summed E-state index contributed by atoms with van der Waals surface area (Å²) in [5, 5.41) is 0.738. The van der Waals surface area contributed by atoms with Gasteiger partial charge in [0.05, 0.1) is 37.4 Å². The van der Waals surface area contributed by atoms with Crippen LogP contribution in [0, 0.1) is 0 Å². The summed E-state index contributed by atoms with van der Waals surface area (Å²) >= 11 is 0. The van der Waals surface area contributed by atoms with E-state index in [0.717, 1.165) is 5.06 Å². The number of hydrogen-bond donors (Lipinski definition) is 0. The van der Waals surface area contributed by atoms with E-state index in [1.807, 2.05) is 0 Å². The van der Waals surface area contributed by atoms with Gasteiger partial charge in [-0.1, -0.05) is 12.1 Å². The highest BCUT2D eigenvalue weighted by atomic mass is 16.7. The summed E-state index contributed by atoms with van der Waals surface area (Å²) in [4.78, 5) is 40.7. The van der Waals surface area contributed by atoms with Crippen LogP contribution >= 0.6 is 0 Å². The summed E-state index contributed by atoms with van der Waals surface area (Å²) in [6.45, 7) is 5.74. The average Bonchev–Trinajstić information content (AvgIpc) is 2.74. The molecule has 0 unspecified atom stereocenters. The Morgan fingerprint density at radius 1 is 1.00 bits per heavy atom. The Kier molecular flexibility index (Phi) is 5.69. The van der Waals surface area contributed by atoms with Crippen LogP contribution in [0.3, 0.4) is 0 Å². The van der Waals surface area contributed by atoms with Crippen LogP contribution in [0.25, 0.3) is 0 Å². The molecule has 1 aliphatic heterocycles. The maximum Gasteiger partial charge on any atom is 0.308 e. The molecule has 0 saturated heterocycles. The second-order valence-electron chi connectivity index (χ2n) is 6.23. The van der Waals surface area contributed by atoms with Crippen molar-refractivity contribution in [3.8, 4) is 0 Å². The Bertz CT molecular complexity index is 599. The van der Waals surface area contributed by atoms with E-state index in [1.54, 1.807) is 45.0 Å². The number of amides is 2. The van der Waals surface area contributed by atoms with Crippen molar-refractivity contribution in [1.82, 2.24) is 5.06 Å². The fourth-order valence-corrected chi connectivity index (χ4v) is 2.12. The molecule has 7 heteroatoms. The summed E-state index contributed by atoms with van der Waals surface area (Å²) in [7, 11) is 0. The molecule has 7 nitrogen and oxygen atoms in total. The van der Waals surface area contributed by atoms with Crippen LogP contribution in [-0.4, -0.2) is 48.3 Å². The van der Waals surface area contributed by atoms with Crippen molar-refractivity contribution in [2.75, 3.05) is 19.8 Å². The molecule has 2 amide bonds. The highest BCUT2D eigenvalue weighted by Gasteiger charge is 2.36. The van der Waals surface area contributed by atoms with Gasteiger partial charge in [-0.2, -0.15) is 0 Å². The van der Waals surface area contributed by atoms with Crippen LogP contribution in [0.5, 0.6) is 0 Å². The van der Waals surface area contributed by atoms with Gasteiger partial charge in [0, 0.05) is 0 Å². The number of hydroxylamine groups is 2. The highest BCUT2D eigenvalue weighted by molar-refractivity contribution is 6.20. The fourth-order valence-electron chi connectivity index (χ4n) is 2.12. The second kappa shape index (κ2) is 7.55. The smallest absolute Gasteiger partial charge is 0.308 e. The monoisotopic (exact) mass is 335 g/mol. The number of ether oxygens (including phenoxy) is 2. The number of carbonyl (C=O) groups excluding carboxylic acids is 3. The summed E-state index contributed by atoms with van der Waals surface area (Å²) in [5.41, 5.74) is 0.132. The molecule has 0 spiro atoms. The van der Waals surface area contributed by atoms with Gasteiger partial charge in [-0.25, -0.2) is 0 Å². The van der Waals surface area contributed by atoms with E-state index in [-0.39, 0.29) is 32.2 Å². The Hall–Kier alpha value is -2.25. The molecular formula is C17H21NO6. The van der Waals surface area contributed by atoms with E-state index in [0.29, 0.717) is 11.1 Å². The first-order valence-electron chi connectivity index (χ1n) is 7.70. The summed E-state index contributed by atoms with van der Waals surface area (Å²) < 4.78 is 10.4. The van der Waals surface area contributed by atoms with Crippen molar-refractivity contribution in [3.05, 3.63) is 35.4 Å². The van der Waals surface area contributed by atoms with E-state index in [1.165, 1.54) is 0 Å². The largest absolute Gasteiger partial charge is 0.460 e. The van der Waals surface area contributed by atoms with Crippen LogP contribution in [-0.2, 0) is 19.1 Å². The number of hydrogen-bond acceptors (Lipinski definition) is 6. The number of benzene rings is 1. The molecule has 0 atom stereocenters. The number of fused-ring (bicyclic) bond motifs is 1. The maximum atomic E-state index is 12.0. The van der Waals surface area contributed by atoms with E-state index in [4.69, 9.17) is 14.3 Å². The normalized spacial score (nSPS) is 14.0. The van der Waals surface area contributed by atoms with Gasteiger partial charge >= 0.3 is 5.97 Å². The minimum absolute atomic E-state index is 0.0276. The first-order valence-corrected chi connectivity index (χ1v) is 7.70. The number of esters is 1. The van der Waals surface area contributed by atoms with Gasteiger partial charge in [0.1, 0.15) is 5.60 Å². The third-order valence-corrected chi connectivity index (χ3v) is 3.08. The third kappa shape index (κ3) is 4.62. The van der Waals surface area contributed by atoms with Crippen molar-refractivity contribution < 1.29 is 28.7 Å². The molecule has 1 aliphatic rings. The number of nitrogens with zero attached hydrogens (tertiary/aromatic N) is 1. The Balaban J connectivity index is 1.66. The van der Waals surface area contributed by atoms with E-state index < -0.39 is 17.4 Å². The molecule has 2 rings (SSSR count). The molecule has 0 bridgehead atoms.